The van der Waals surface area contributed by atoms with Crippen LogP contribution >= 0.6 is 24.0 Å². The van der Waals surface area contributed by atoms with E-state index in [1.54, 1.807) is 37.4 Å². The van der Waals surface area contributed by atoms with Gasteiger partial charge in [0.1, 0.15) is 12.0 Å². The molecule has 0 fully saturated rings. The Labute approximate surface area is 159 Å². The Morgan fingerprint density at radius 1 is 1.29 bits per heavy atom. The normalized spacial score (nSPS) is 11.7. The van der Waals surface area contributed by atoms with Gasteiger partial charge < -0.3 is 14.7 Å². The molecular weight excluding hydrogens is 443 g/mol. The van der Waals surface area contributed by atoms with Crippen molar-refractivity contribution in [3.63, 3.8) is 0 Å². The minimum absolute atomic E-state index is 0. The number of halogens is 1. The number of aromatic nitrogens is 1. The predicted molar refractivity (Wildman–Crippen MR) is 103 cm³/mol. The smallest absolute Gasteiger partial charge is 0.194 e. The number of nitrogens with one attached hydrogen (secondary N) is 1. The summed E-state index contributed by atoms with van der Waals surface area (Å²) in [5, 5.41) is 7.09. The van der Waals surface area contributed by atoms with Crippen LogP contribution in [-0.2, 0) is 22.9 Å². The largest absolute Gasteiger partial charge is 0.364 e. The average molecular weight is 464 g/mol. The third-order valence-corrected chi connectivity index (χ3v) is 4.39. The molecule has 0 unspecified atom stereocenters. The van der Waals surface area contributed by atoms with E-state index < -0.39 is 9.84 Å². The maximum absolute atomic E-state index is 11.4. The van der Waals surface area contributed by atoms with Crippen LogP contribution in [-0.4, -0.2) is 44.8 Å². The van der Waals surface area contributed by atoms with Crippen molar-refractivity contribution in [3.05, 3.63) is 47.9 Å². The van der Waals surface area contributed by atoms with E-state index in [2.05, 4.69) is 15.5 Å². The van der Waals surface area contributed by atoms with Crippen molar-refractivity contribution in [2.75, 3.05) is 20.4 Å². The lowest BCUT2D eigenvalue weighted by atomic mass is 10.2. The van der Waals surface area contributed by atoms with Crippen molar-refractivity contribution in [3.8, 4) is 0 Å². The van der Waals surface area contributed by atoms with E-state index >= 15 is 0 Å². The molecule has 0 spiro atoms. The molecule has 0 radical (unpaired) electrons. The Bertz CT molecular complexity index is 759. The molecule has 0 bridgehead atoms. The summed E-state index contributed by atoms with van der Waals surface area (Å²) in [6.45, 7) is 1.11. The van der Waals surface area contributed by atoms with E-state index in [9.17, 15) is 8.42 Å². The van der Waals surface area contributed by atoms with Gasteiger partial charge in [-0.15, -0.1) is 24.0 Å². The summed E-state index contributed by atoms with van der Waals surface area (Å²) >= 11 is 0. The van der Waals surface area contributed by atoms with Crippen LogP contribution in [0.2, 0.25) is 0 Å². The van der Waals surface area contributed by atoms with Crippen LogP contribution in [0.5, 0.6) is 0 Å². The summed E-state index contributed by atoms with van der Waals surface area (Å²) in [5.74, 6) is 0.709. The maximum atomic E-state index is 11.4. The zero-order chi connectivity index (χ0) is 16.9. The highest BCUT2D eigenvalue weighted by molar-refractivity contribution is 14.0. The molecule has 0 aliphatic carbocycles. The van der Waals surface area contributed by atoms with E-state index in [4.69, 9.17) is 4.52 Å². The van der Waals surface area contributed by atoms with Crippen molar-refractivity contribution in [1.29, 1.82) is 0 Å². The van der Waals surface area contributed by atoms with E-state index in [0.717, 1.165) is 11.3 Å². The van der Waals surface area contributed by atoms with E-state index in [0.29, 0.717) is 23.9 Å². The third kappa shape index (κ3) is 5.78. The molecule has 7 nitrogen and oxygen atoms in total. The summed E-state index contributed by atoms with van der Waals surface area (Å²) < 4.78 is 27.7. The Morgan fingerprint density at radius 2 is 1.96 bits per heavy atom. The third-order valence-electron chi connectivity index (χ3n) is 3.27. The van der Waals surface area contributed by atoms with Gasteiger partial charge in [-0.3, -0.25) is 4.99 Å². The van der Waals surface area contributed by atoms with Gasteiger partial charge in [-0.25, -0.2) is 8.42 Å². The fourth-order valence-electron chi connectivity index (χ4n) is 2.06. The van der Waals surface area contributed by atoms with Gasteiger partial charge in [0.05, 0.1) is 11.4 Å². The minimum Gasteiger partial charge on any atom is -0.364 e. The molecule has 0 amide bonds. The molecule has 132 valence electrons. The van der Waals surface area contributed by atoms with Gasteiger partial charge in [0.25, 0.3) is 0 Å². The Hall–Kier alpha value is -1.62. The molecule has 0 saturated heterocycles. The number of sulfone groups is 1. The second kappa shape index (κ2) is 9.02. The average Bonchev–Trinajstić information content (AvgIpc) is 3.00. The van der Waals surface area contributed by atoms with Crippen LogP contribution in [0, 0.1) is 0 Å². The van der Waals surface area contributed by atoms with E-state index in [1.165, 1.54) is 12.5 Å². The van der Waals surface area contributed by atoms with Gasteiger partial charge in [-0.2, -0.15) is 0 Å². The van der Waals surface area contributed by atoms with E-state index in [1.807, 2.05) is 11.9 Å². The molecule has 1 N–H and O–H groups in total. The SMILES string of the molecule is CN=C(NCc1ccc(S(C)(=O)=O)cc1)N(C)Cc1ccon1.I. The fraction of sp³-hybridized carbons (Fsp3) is 0.333. The Kier molecular flexibility index (Phi) is 7.67. The molecule has 2 aromatic rings. The molecule has 1 aromatic heterocycles. The van der Waals surface area contributed by atoms with Crippen molar-refractivity contribution in [2.24, 2.45) is 4.99 Å². The van der Waals surface area contributed by atoms with Gasteiger partial charge in [0.15, 0.2) is 15.8 Å². The van der Waals surface area contributed by atoms with Gasteiger partial charge in [0, 0.05) is 33.0 Å². The highest BCUT2D eigenvalue weighted by Crippen LogP contribution is 2.10. The number of nitrogens with zero attached hydrogens (tertiary/aromatic N) is 3. The molecule has 1 heterocycles. The first-order chi connectivity index (χ1) is 10.9. The van der Waals surface area contributed by atoms with E-state index in [-0.39, 0.29) is 24.0 Å². The van der Waals surface area contributed by atoms with Gasteiger partial charge in [-0.05, 0) is 17.7 Å². The fourth-order valence-corrected chi connectivity index (χ4v) is 2.69. The predicted octanol–water partition coefficient (Wildman–Crippen LogP) is 1.90. The highest BCUT2D eigenvalue weighted by atomic mass is 127. The van der Waals surface area contributed by atoms with Crippen LogP contribution in [0.4, 0.5) is 0 Å². The minimum atomic E-state index is -3.17. The zero-order valence-electron chi connectivity index (χ0n) is 13.8. The Balaban J connectivity index is 0.00000288. The summed E-state index contributed by atoms with van der Waals surface area (Å²) in [7, 11) is 0.436. The highest BCUT2D eigenvalue weighted by Gasteiger charge is 2.09. The second-order valence-corrected chi connectivity index (χ2v) is 7.18. The van der Waals surface area contributed by atoms with Gasteiger partial charge >= 0.3 is 0 Å². The van der Waals surface area contributed by atoms with Crippen molar-refractivity contribution in [1.82, 2.24) is 15.4 Å². The van der Waals surface area contributed by atoms with Gasteiger partial charge in [-0.1, -0.05) is 17.3 Å². The molecular formula is C15H21IN4O3S. The number of guanidine groups is 1. The number of hydrogen-bond acceptors (Lipinski definition) is 5. The lowest BCUT2D eigenvalue weighted by Gasteiger charge is -2.21. The molecule has 2 rings (SSSR count). The zero-order valence-corrected chi connectivity index (χ0v) is 16.9. The van der Waals surface area contributed by atoms with Crippen LogP contribution < -0.4 is 5.32 Å². The summed E-state index contributed by atoms with van der Waals surface area (Å²) in [6, 6.07) is 8.58. The lowest BCUT2D eigenvalue weighted by molar-refractivity contribution is 0.391. The van der Waals surface area contributed by atoms with Crippen LogP contribution in [0.1, 0.15) is 11.3 Å². The molecule has 0 aliphatic rings. The second-order valence-electron chi connectivity index (χ2n) is 5.16. The van der Waals surface area contributed by atoms with Crippen molar-refractivity contribution >= 4 is 39.8 Å². The van der Waals surface area contributed by atoms with Crippen LogP contribution in [0.25, 0.3) is 0 Å². The molecule has 1 aromatic carbocycles. The quantitative estimate of drug-likeness (QED) is 0.413. The molecule has 0 saturated carbocycles. The number of benzene rings is 1. The molecule has 9 heteroatoms. The summed E-state index contributed by atoms with van der Waals surface area (Å²) in [5.41, 5.74) is 1.78. The topological polar surface area (TPSA) is 87.8 Å². The Morgan fingerprint density at radius 3 is 2.46 bits per heavy atom. The van der Waals surface area contributed by atoms with Gasteiger partial charge in [0.2, 0.25) is 0 Å². The number of hydrogen-bond donors (Lipinski definition) is 1. The molecule has 0 aliphatic heterocycles. The molecule has 24 heavy (non-hydrogen) atoms. The first kappa shape index (κ1) is 20.4. The standard InChI is InChI=1S/C15H20N4O3S.HI/c1-16-15(19(2)11-13-8-9-22-18-13)17-10-12-4-6-14(7-5-12)23(3,20)21;/h4-9H,10-11H2,1-3H3,(H,16,17);1H. The first-order valence-electron chi connectivity index (χ1n) is 7.00. The number of rotatable bonds is 5. The summed E-state index contributed by atoms with van der Waals surface area (Å²) in [4.78, 5) is 6.45. The number of aliphatic imine (C=N–C) groups is 1. The molecule has 0 atom stereocenters. The van der Waals surface area contributed by atoms with Crippen LogP contribution in [0.3, 0.4) is 0 Å². The van der Waals surface area contributed by atoms with Crippen molar-refractivity contribution in [2.45, 2.75) is 18.0 Å². The monoisotopic (exact) mass is 464 g/mol. The van der Waals surface area contributed by atoms with Crippen molar-refractivity contribution < 1.29 is 12.9 Å². The maximum Gasteiger partial charge on any atom is 0.194 e. The first-order valence-corrected chi connectivity index (χ1v) is 8.89. The van der Waals surface area contributed by atoms with Crippen LogP contribution in [0.15, 0.2) is 51.0 Å². The summed E-state index contributed by atoms with van der Waals surface area (Å²) in [6.07, 6.45) is 2.73. The lowest BCUT2D eigenvalue weighted by Crippen LogP contribution is -2.38.